The number of rotatable bonds is 6. The zero-order chi connectivity index (χ0) is 11.0. The van der Waals surface area contributed by atoms with Crippen molar-refractivity contribution >= 4 is 11.9 Å². The number of terminal acetylenes is 1. The second-order valence-electron chi connectivity index (χ2n) is 3.06. The van der Waals surface area contributed by atoms with Gasteiger partial charge in [-0.15, -0.1) is 6.42 Å². The summed E-state index contributed by atoms with van der Waals surface area (Å²) in [5.74, 6) is 1.13. The molecular weight excluding hydrogens is 182 g/mol. The number of carboxylic acids is 1. The van der Waals surface area contributed by atoms with E-state index >= 15 is 0 Å². The maximum Gasteiger partial charge on any atom is 0.303 e. The standard InChI is InChI=1S/C10H15NO3/c1-3-5-9(12)11-7-8(4-2)6-10(13)14/h1,8H,4-7H2,2H3,(H,11,12)(H,13,14). The van der Waals surface area contributed by atoms with Crippen molar-refractivity contribution in [3.05, 3.63) is 0 Å². The number of aliphatic carboxylic acids is 1. The molecule has 0 aromatic heterocycles. The fourth-order valence-corrected chi connectivity index (χ4v) is 1.02. The Balaban J connectivity index is 3.78. The summed E-state index contributed by atoms with van der Waals surface area (Å²) in [5.41, 5.74) is 0. The third kappa shape index (κ3) is 6.06. The maximum atomic E-state index is 10.9. The van der Waals surface area contributed by atoms with Gasteiger partial charge < -0.3 is 10.4 Å². The lowest BCUT2D eigenvalue weighted by Gasteiger charge is -2.12. The van der Waals surface area contributed by atoms with E-state index in [1.165, 1.54) is 0 Å². The Bertz CT molecular complexity index is 242. The van der Waals surface area contributed by atoms with Gasteiger partial charge in [0.1, 0.15) is 0 Å². The topological polar surface area (TPSA) is 66.4 Å². The molecule has 0 aliphatic heterocycles. The highest BCUT2D eigenvalue weighted by Crippen LogP contribution is 2.06. The van der Waals surface area contributed by atoms with Crippen molar-refractivity contribution in [1.82, 2.24) is 5.32 Å². The molecule has 0 radical (unpaired) electrons. The molecular formula is C10H15NO3. The highest BCUT2D eigenvalue weighted by Gasteiger charge is 2.11. The van der Waals surface area contributed by atoms with E-state index in [2.05, 4.69) is 11.2 Å². The van der Waals surface area contributed by atoms with Crippen molar-refractivity contribution < 1.29 is 14.7 Å². The van der Waals surface area contributed by atoms with E-state index in [0.717, 1.165) is 6.42 Å². The van der Waals surface area contributed by atoms with E-state index in [4.69, 9.17) is 11.5 Å². The Morgan fingerprint density at radius 1 is 1.57 bits per heavy atom. The van der Waals surface area contributed by atoms with Gasteiger partial charge in [0.15, 0.2) is 0 Å². The van der Waals surface area contributed by atoms with Crippen LogP contribution in [0.15, 0.2) is 0 Å². The minimum atomic E-state index is -0.844. The van der Waals surface area contributed by atoms with Gasteiger partial charge in [0.05, 0.1) is 6.42 Å². The SMILES string of the molecule is C#CCC(=O)NCC(CC)CC(=O)O. The molecule has 0 fully saturated rings. The minimum absolute atomic E-state index is 0.0192. The van der Waals surface area contributed by atoms with E-state index in [9.17, 15) is 9.59 Å². The van der Waals surface area contributed by atoms with Crippen LogP contribution in [-0.4, -0.2) is 23.5 Å². The van der Waals surface area contributed by atoms with Crippen LogP contribution in [0.25, 0.3) is 0 Å². The van der Waals surface area contributed by atoms with Crippen LogP contribution in [-0.2, 0) is 9.59 Å². The number of hydrogen-bond acceptors (Lipinski definition) is 2. The van der Waals surface area contributed by atoms with Crippen molar-refractivity contribution in [3.8, 4) is 12.3 Å². The number of hydrogen-bond donors (Lipinski definition) is 2. The lowest BCUT2D eigenvalue weighted by atomic mass is 10.0. The summed E-state index contributed by atoms with van der Waals surface area (Å²) in [6, 6.07) is 0. The molecule has 4 nitrogen and oxygen atoms in total. The number of carbonyl (C=O) groups is 2. The van der Waals surface area contributed by atoms with Gasteiger partial charge >= 0.3 is 5.97 Å². The average molecular weight is 197 g/mol. The van der Waals surface area contributed by atoms with Crippen molar-refractivity contribution in [1.29, 1.82) is 0 Å². The lowest BCUT2D eigenvalue weighted by molar-refractivity contribution is -0.138. The molecule has 1 atom stereocenters. The molecule has 0 heterocycles. The number of carboxylic acid groups (broad SMARTS) is 1. The van der Waals surface area contributed by atoms with E-state index in [1.807, 2.05) is 6.92 Å². The molecule has 0 aliphatic rings. The van der Waals surface area contributed by atoms with Crippen LogP contribution in [0.2, 0.25) is 0 Å². The first-order valence-corrected chi connectivity index (χ1v) is 4.52. The first-order valence-electron chi connectivity index (χ1n) is 4.52. The van der Waals surface area contributed by atoms with Crippen LogP contribution in [0.1, 0.15) is 26.2 Å². The Hall–Kier alpha value is -1.50. The Kier molecular flexibility index (Phi) is 6.21. The van der Waals surface area contributed by atoms with Gasteiger partial charge in [-0.3, -0.25) is 9.59 Å². The molecule has 0 saturated heterocycles. The number of amides is 1. The molecule has 2 N–H and O–H groups in total. The molecule has 0 saturated carbocycles. The third-order valence-electron chi connectivity index (χ3n) is 1.89. The summed E-state index contributed by atoms with van der Waals surface area (Å²) in [4.78, 5) is 21.3. The van der Waals surface area contributed by atoms with Gasteiger partial charge in [-0.1, -0.05) is 19.3 Å². The van der Waals surface area contributed by atoms with E-state index < -0.39 is 5.97 Å². The summed E-state index contributed by atoms with van der Waals surface area (Å²) in [5, 5.41) is 11.1. The molecule has 78 valence electrons. The fraction of sp³-hybridized carbons (Fsp3) is 0.600. The van der Waals surface area contributed by atoms with Crippen LogP contribution in [0.3, 0.4) is 0 Å². The third-order valence-corrected chi connectivity index (χ3v) is 1.89. The van der Waals surface area contributed by atoms with Crippen molar-refractivity contribution in [3.63, 3.8) is 0 Å². The van der Waals surface area contributed by atoms with E-state index in [-0.39, 0.29) is 24.7 Å². The van der Waals surface area contributed by atoms with Crippen molar-refractivity contribution in [2.24, 2.45) is 5.92 Å². The average Bonchev–Trinajstić information content (AvgIpc) is 2.12. The maximum absolute atomic E-state index is 10.9. The molecule has 0 aliphatic carbocycles. The summed E-state index contributed by atoms with van der Waals surface area (Å²) in [6.07, 6.45) is 5.79. The Morgan fingerprint density at radius 3 is 2.64 bits per heavy atom. The van der Waals surface area contributed by atoms with Crippen LogP contribution >= 0.6 is 0 Å². The smallest absolute Gasteiger partial charge is 0.303 e. The summed E-state index contributed by atoms with van der Waals surface area (Å²) in [7, 11) is 0. The molecule has 0 rings (SSSR count). The first kappa shape index (κ1) is 12.5. The normalized spacial score (nSPS) is 11.4. The fourth-order valence-electron chi connectivity index (χ4n) is 1.02. The monoisotopic (exact) mass is 197 g/mol. The predicted molar refractivity (Wildman–Crippen MR) is 52.5 cm³/mol. The molecule has 14 heavy (non-hydrogen) atoms. The number of nitrogens with one attached hydrogen (secondary N) is 1. The molecule has 1 unspecified atom stereocenters. The quantitative estimate of drug-likeness (QED) is 0.614. The van der Waals surface area contributed by atoms with Gasteiger partial charge in [-0.25, -0.2) is 0 Å². The molecule has 0 aromatic carbocycles. The van der Waals surface area contributed by atoms with Crippen LogP contribution < -0.4 is 5.32 Å². The molecule has 4 heteroatoms. The minimum Gasteiger partial charge on any atom is -0.481 e. The first-order chi connectivity index (χ1) is 6.60. The highest BCUT2D eigenvalue weighted by atomic mass is 16.4. The van der Waals surface area contributed by atoms with Gasteiger partial charge in [-0.05, 0) is 5.92 Å². The zero-order valence-electron chi connectivity index (χ0n) is 8.25. The second kappa shape index (κ2) is 6.96. The van der Waals surface area contributed by atoms with Gasteiger partial charge in [-0.2, -0.15) is 0 Å². The van der Waals surface area contributed by atoms with E-state index in [1.54, 1.807) is 0 Å². The predicted octanol–water partition coefficient (Wildman–Crippen LogP) is 0.627. The summed E-state index contributed by atoms with van der Waals surface area (Å²) < 4.78 is 0. The van der Waals surface area contributed by atoms with Crippen molar-refractivity contribution in [2.45, 2.75) is 26.2 Å². The van der Waals surface area contributed by atoms with Crippen LogP contribution in [0.5, 0.6) is 0 Å². The molecule has 0 spiro atoms. The van der Waals surface area contributed by atoms with Crippen LogP contribution in [0.4, 0.5) is 0 Å². The molecule has 0 bridgehead atoms. The molecule has 1 amide bonds. The Morgan fingerprint density at radius 2 is 2.21 bits per heavy atom. The van der Waals surface area contributed by atoms with E-state index in [0.29, 0.717) is 6.54 Å². The number of carbonyl (C=O) groups excluding carboxylic acids is 1. The van der Waals surface area contributed by atoms with Gasteiger partial charge in [0.25, 0.3) is 0 Å². The van der Waals surface area contributed by atoms with Crippen LogP contribution in [0, 0.1) is 18.3 Å². The van der Waals surface area contributed by atoms with Gasteiger partial charge in [0, 0.05) is 13.0 Å². The lowest BCUT2D eigenvalue weighted by Crippen LogP contribution is -2.29. The molecule has 0 aromatic rings. The zero-order valence-corrected chi connectivity index (χ0v) is 8.25. The summed E-state index contributed by atoms with van der Waals surface area (Å²) in [6.45, 7) is 2.27. The Labute approximate surface area is 83.7 Å². The highest BCUT2D eigenvalue weighted by molar-refractivity contribution is 5.78. The van der Waals surface area contributed by atoms with Gasteiger partial charge in [0.2, 0.25) is 5.91 Å². The summed E-state index contributed by atoms with van der Waals surface area (Å²) >= 11 is 0. The largest absolute Gasteiger partial charge is 0.481 e. The van der Waals surface area contributed by atoms with Crippen molar-refractivity contribution in [2.75, 3.05) is 6.54 Å². The second-order valence-corrected chi connectivity index (χ2v) is 3.06.